The number of piperazine rings is 1. The molecule has 1 aliphatic rings. The van der Waals surface area contributed by atoms with Crippen LogP contribution < -0.4 is 5.32 Å². The van der Waals surface area contributed by atoms with Crippen molar-refractivity contribution in [3.63, 3.8) is 0 Å². The standard InChI is InChI=1S/C28H37N5O3/c1-6-33-24-13-12-22(29-26(34)20-8-10-21(11-9-20)28(3,4)5)18-23(24)30-25(33)19-31-14-16-32(17-15-31)27(35)36-7-2/h8-13,18H,6-7,14-17,19H2,1-5H3,(H,29,34). The molecule has 3 aromatic rings. The van der Waals surface area contributed by atoms with Crippen LogP contribution in [-0.2, 0) is 23.2 Å². The van der Waals surface area contributed by atoms with Crippen LogP contribution in [0.1, 0.15) is 56.4 Å². The average molecular weight is 492 g/mol. The second-order valence-corrected chi connectivity index (χ2v) is 10.2. The number of ether oxygens (including phenoxy) is 1. The molecule has 8 heteroatoms. The van der Waals surface area contributed by atoms with Crippen molar-refractivity contribution in [1.29, 1.82) is 0 Å². The van der Waals surface area contributed by atoms with Crippen molar-refractivity contribution in [1.82, 2.24) is 19.4 Å². The van der Waals surface area contributed by atoms with Crippen LogP contribution in [0.25, 0.3) is 11.0 Å². The van der Waals surface area contributed by atoms with Gasteiger partial charge in [0.2, 0.25) is 0 Å². The molecule has 1 aliphatic heterocycles. The average Bonchev–Trinajstić information content (AvgIpc) is 3.20. The number of hydrogen-bond donors (Lipinski definition) is 1. The molecule has 1 fully saturated rings. The summed E-state index contributed by atoms with van der Waals surface area (Å²) in [5.41, 5.74) is 4.50. The van der Waals surface area contributed by atoms with Crippen LogP contribution in [0.4, 0.5) is 10.5 Å². The zero-order chi connectivity index (χ0) is 25.9. The van der Waals surface area contributed by atoms with E-state index in [0.717, 1.165) is 42.2 Å². The van der Waals surface area contributed by atoms with Gasteiger partial charge in [0.15, 0.2) is 0 Å². The van der Waals surface area contributed by atoms with Crippen LogP contribution in [0.3, 0.4) is 0 Å². The van der Waals surface area contributed by atoms with Gasteiger partial charge in [-0.2, -0.15) is 0 Å². The number of aryl methyl sites for hydroxylation is 1. The normalized spacial score (nSPS) is 14.8. The number of fused-ring (bicyclic) bond motifs is 1. The third-order valence-electron chi connectivity index (χ3n) is 6.68. The molecular formula is C28H37N5O3. The van der Waals surface area contributed by atoms with Crippen LogP contribution in [0, 0.1) is 0 Å². The maximum Gasteiger partial charge on any atom is 0.409 e. The van der Waals surface area contributed by atoms with Crippen molar-refractivity contribution in [2.45, 2.75) is 53.1 Å². The highest BCUT2D eigenvalue weighted by Gasteiger charge is 2.23. The summed E-state index contributed by atoms with van der Waals surface area (Å²) in [6.45, 7) is 15.2. The van der Waals surface area contributed by atoms with E-state index in [0.29, 0.717) is 31.8 Å². The molecule has 0 saturated carbocycles. The van der Waals surface area contributed by atoms with Gasteiger partial charge in [0.05, 0.1) is 24.2 Å². The molecule has 4 rings (SSSR count). The van der Waals surface area contributed by atoms with Gasteiger partial charge < -0.3 is 19.5 Å². The molecule has 2 amide bonds. The molecule has 1 N–H and O–H groups in total. The highest BCUT2D eigenvalue weighted by molar-refractivity contribution is 6.05. The fourth-order valence-electron chi connectivity index (χ4n) is 4.56. The lowest BCUT2D eigenvalue weighted by molar-refractivity contribution is 0.0769. The van der Waals surface area contributed by atoms with Crippen molar-refractivity contribution in [2.75, 3.05) is 38.1 Å². The predicted octanol–water partition coefficient (Wildman–Crippen LogP) is 4.88. The fraction of sp³-hybridized carbons (Fsp3) is 0.464. The highest BCUT2D eigenvalue weighted by atomic mass is 16.6. The first-order valence-electron chi connectivity index (χ1n) is 12.7. The van der Waals surface area contributed by atoms with Gasteiger partial charge in [0.1, 0.15) is 5.82 Å². The van der Waals surface area contributed by atoms with Crippen molar-refractivity contribution in [2.24, 2.45) is 0 Å². The molecule has 1 saturated heterocycles. The van der Waals surface area contributed by atoms with Gasteiger partial charge in [0.25, 0.3) is 5.91 Å². The molecule has 0 atom stereocenters. The number of rotatable bonds is 6. The molecule has 0 spiro atoms. The molecule has 0 radical (unpaired) electrons. The number of carbonyl (C=O) groups excluding carboxylic acids is 2. The molecular weight excluding hydrogens is 454 g/mol. The first kappa shape index (κ1) is 25.7. The summed E-state index contributed by atoms with van der Waals surface area (Å²) in [4.78, 5) is 33.8. The monoisotopic (exact) mass is 491 g/mol. The lowest BCUT2D eigenvalue weighted by Crippen LogP contribution is -2.48. The summed E-state index contributed by atoms with van der Waals surface area (Å²) in [5.74, 6) is 0.850. The second kappa shape index (κ2) is 10.7. The van der Waals surface area contributed by atoms with Gasteiger partial charge >= 0.3 is 6.09 Å². The molecule has 2 heterocycles. The summed E-state index contributed by atoms with van der Waals surface area (Å²) >= 11 is 0. The third-order valence-corrected chi connectivity index (χ3v) is 6.68. The largest absolute Gasteiger partial charge is 0.450 e. The number of carbonyl (C=O) groups is 2. The van der Waals surface area contributed by atoms with Crippen molar-refractivity contribution in [3.05, 3.63) is 59.4 Å². The van der Waals surface area contributed by atoms with Crippen molar-refractivity contribution in [3.8, 4) is 0 Å². The van der Waals surface area contributed by atoms with Gasteiger partial charge in [-0.3, -0.25) is 9.69 Å². The van der Waals surface area contributed by atoms with Crippen LogP contribution in [-0.4, -0.2) is 64.1 Å². The summed E-state index contributed by atoms with van der Waals surface area (Å²) < 4.78 is 7.33. The first-order chi connectivity index (χ1) is 17.2. The van der Waals surface area contributed by atoms with Gasteiger partial charge in [-0.25, -0.2) is 9.78 Å². The maximum absolute atomic E-state index is 12.8. The van der Waals surface area contributed by atoms with Crippen LogP contribution in [0.5, 0.6) is 0 Å². The highest BCUT2D eigenvalue weighted by Crippen LogP contribution is 2.24. The van der Waals surface area contributed by atoms with E-state index in [1.165, 1.54) is 5.56 Å². The fourth-order valence-corrected chi connectivity index (χ4v) is 4.56. The molecule has 192 valence electrons. The lowest BCUT2D eigenvalue weighted by atomic mass is 9.87. The lowest BCUT2D eigenvalue weighted by Gasteiger charge is -2.33. The number of anilines is 1. The number of nitrogens with zero attached hydrogens (tertiary/aromatic N) is 4. The van der Waals surface area contributed by atoms with Gasteiger partial charge in [-0.05, 0) is 55.2 Å². The molecule has 36 heavy (non-hydrogen) atoms. The van der Waals surface area contributed by atoms with Gasteiger partial charge in [0, 0.05) is 44.0 Å². The minimum Gasteiger partial charge on any atom is -0.450 e. The quantitative estimate of drug-likeness (QED) is 0.532. The summed E-state index contributed by atoms with van der Waals surface area (Å²) in [5, 5.41) is 3.01. The van der Waals surface area contributed by atoms with E-state index >= 15 is 0 Å². The van der Waals surface area contributed by atoms with E-state index in [1.54, 1.807) is 4.90 Å². The van der Waals surface area contributed by atoms with E-state index in [9.17, 15) is 9.59 Å². The molecule has 0 bridgehead atoms. The Bertz CT molecular complexity index is 1220. The molecule has 8 nitrogen and oxygen atoms in total. The molecule has 1 aromatic heterocycles. The van der Waals surface area contributed by atoms with E-state index in [4.69, 9.17) is 9.72 Å². The van der Waals surface area contributed by atoms with Gasteiger partial charge in [-0.15, -0.1) is 0 Å². The zero-order valence-electron chi connectivity index (χ0n) is 22.0. The minimum atomic E-state index is -0.238. The Hall–Kier alpha value is -3.39. The SMILES string of the molecule is CCOC(=O)N1CCN(Cc2nc3cc(NC(=O)c4ccc(C(C)(C)C)cc4)ccc3n2CC)CC1. The van der Waals surface area contributed by atoms with Crippen LogP contribution >= 0.6 is 0 Å². The van der Waals surface area contributed by atoms with Crippen molar-refractivity contribution >= 4 is 28.7 Å². The zero-order valence-corrected chi connectivity index (χ0v) is 22.0. The first-order valence-corrected chi connectivity index (χ1v) is 12.7. The van der Waals surface area contributed by atoms with Crippen molar-refractivity contribution < 1.29 is 14.3 Å². The molecule has 2 aromatic carbocycles. The number of hydrogen-bond acceptors (Lipinski definition) is 5. The van der Waals surface area contributed by atoms with Crippen LogP contribution in [0.2, 0.25) is 0 Å². The Morgan fingerprint density at radius 2 is 1.69 bits per heavy atom. The Kier molecular flexibility index (Phi) is 7.64. The predicted molar refractivity (Wildman–Crippen MR) is 142 cm³/mol. The van der Waals surface area contributed by atoms with E-state index in [1.807, 2.05) is 49.4 Å². The maximum atomic E-state index is 12.8. The second-order valence-electron chi connectivity index (χ2n) is 10.2. The smallest absolute Gasteiger partial charge is 0.409 e. The minimum absolute atomic E-state index is 0.0460. The molecule has 0 aliphatic carbocycles. The number of imidazole rings is 1. The Morgan fingerprint density at radius 3 is 2.31 bits per heavy atom. The Labute approximate surface area is 213 Å². The Morgan fingerprint density at radius 1 is 1.00 bits per heavy atom. The molecule has 0 unspecified atom stereocenters. The van der Waals surface area contributed by atoms with E-state index in [-0.39, 0.29) is 17.4 Å². The summed E-state index contributed by atoms with van der Waals surface area (Å²) in [7, 11) is 0. The number of amides is 2. The van der Waals surface area contributed by atoms with E-state index in [2.05, 4.69) is 42.5 Å². The topological polar surface area (TPSA) is 79.7 Å². The number of nitrogens with one attached hydrogen (secondary N) is 1. The number of benzene rings is 2. The van der Waals surface area contributed by atoms with Crippen LogP contribution in [0.15, 0.2) is 42.5 Å². The third kappa shape index (κ3) is 5.70. The van der Waals surface area contributed by atoms with E-state index < -0.39 is 0 Å². The summed E-state index contributed by atoms with van der Waals surface area (Å²) in [6, 6.07) is 13.7. The summed E-state index contributed by atoms with van der Waals surface area (Å²) in [6.07, 6.45) is -0.238. The van der Waals surface area contributed by atoms with Gasteiger partial charge in [-0.1, -0.05) is 32.9 Å². The number of aromatic nitrogens is 2. The Balaban J connectivity index is 1.44.